The Morgan fingerprint density at radius 3 is 2.30 bits per heavy atom. The lowest BCUT2D eigenvalue weighted by Gasteiger charge is -2.43. The minimum atomic E-state index is -0.563. The van der Waals surface area contributed by atoms with Gasteiger partial charge < -0.3 is 9.80 Å². The minimum absolute atomic E-state index is 0.114. The van der Waals surface area contributed by atoms with Crippen LogP contribution in [0.4, 0.5) is 0 Å². The summed E-state index contributed by atoms with van der Waals surface area (Å²) in [5, 5.41) is 0. The van der Waals surface area contributed by atoms with Crippen LogP contribution in [0.2, 0.25) is 0 Å². The number of nitrogens with zero attached hydrogens (tertiary/aromatic N) is 3. The topological polar surface area (TPSA) is 53.5 Å². The number of piperidine rings is 1. The van der Waals surface area contributed by atoms with Crippen LogP contribution < -0.4 is 0 Å². The molecule has 0 N–H and O–H groups in total. The molecule has 0 aliphatic carbocycles. The van der Waals surface area contributed by atoms with Gasteiger partial charge in [0, 0.05) is 46.0 Å². The molecule has 0 spiro atoms. The Bertz CT molecular complexity index is 862. The highest BCUT2D eigenvalue weighted by Crippen LogP contribution is 2.36. The SMILES string of the molecule is CC(C)CC(=O)N1CCCC(Cc2ccc(-c3ccncc3)cc2)(C(=O)N(C)C)C1. The van der Waals surface area contributed by atoms with E-state index in [2.05, 4.69) is 43.1 Å². The predicted molar refractivity (Wildman–Crippen MR) is 120 cm³/mol. The normalized spacial score (nSPS) is 19.0. The molecule has 30 heavy (non-hydrogen) atoms. The van der Waals surface area contributed by atoms with E-state index in [1.54, 1.807) is 17.3 Å². The number of pyridine rings is 1. The summed E-state index contributed by atoms with van der Waals surface area (Å²) in [4.78, 5) is 33.7. The molecular formula is C25H33N3O2. The van der Waals surface area contributed by atoms with Gasteiger partial charge in [0.05, 0.1) is 5.41 Å². The van der Waals surface area contributed by atoms with Crippen molar-refractivity contribution in [3.63, 3.8) is 0 Å². The highest BCUT2D eigenvalue weighted by Gasteiger charge is 2.44. The van der Waals surface area contributed by atoms with Gasteiger partial charge in [-0.15, -0.1) is 0 Å². The molecule has 1 atom stereocenters. The van der Waals surface area contributed by atoms with E-state index >= 15 is 0 Å². The lowest BCUT2D eigenvalue weighted by Crippen LogP contribution is -2.54. The maximum atomic E-state index is 13.3. The Labute approximate surface area is 180 Å². The van der Waals surface area contributed by atoms with Crippen molar-refractivity contribution in [2.45, 2.75) is 39.5 Å². The van der Waals surface area contributed by atoms with Crippen LogP contribution in [0.1, 0.15) is 38.7 Å². The molecule has 2 heterocycles. The Kier molecular flexibility index (Phi) is 6.91. The first kappa shape index (κ1) is 22.0. The van der Waals surface area contributed by atoms with E-state index in [4.69, 9.17) is 0 Å². The van der Waals surface area contributed by atoms with Gasteiger partial charge in [-0.1, -0.05) is 38.1 Å². The molecule has 0 bridgehead atoms. The van der Waals surface area contributed by atoms with Crippen molar-refractivity contribution in [2.24, 2.45) is 11.3 Å². The van der Waals surface area contributed by atoms with E-state index in [1.807, 2.05) is 31.1 Å². The summed E-state index contributed by atoms with van der Waals surface area (Å²) in [6.07, 6.45) is 6.43. The van der Waals surface area contributed by atoms with Gasteiger partial charge in [-0.2, -0.15) is 0 Å². The molecule has 0 saturated carbocycles. The molecule has 1 aromatic heterocycles. The fraction of sp³-hybridized carbons (Fsp3) is 0.480. The van der Waals surface area contributed by atoms with Crippen molar-refractivity contribution < 1.29 is 9.59 Å². The Morgan fingerprint density at radius 2 is 1.70 bits per heavy atom. The van der Waals surface area contributed by atoms with Crippen LogP contribution >= 0.6 is 0 Å². The summed E-state index contributed by atoms with van der Waals surface area (Å²) in [6.45, 7) is 5.37. The first-order valence-corrected chi connectivity index (χ1v) is 10.8. The van der Waals surface area contributed by atoms with Crippen LogP contribution in [0.3, 0.4) is 0 Å². The van der Waals surface area contributed by atoms with Gasteiger partial charge >= 0.3 is 0 Å². The van der Waals surface area contributed by atoms with Crippen molar-refractivity contribution in [2.75, 3.05) is 27.2 Å². The largest absolute Gasteiger partial charge is 0.348 e. The molecule has 2 aromatic rings. The van der Waals surface area contributed by atoms with Gasteiger partial charge in [-0.05, 0) is 54.0 Å². The zero-order chi connectivity index (χ0) is 21.7. The van der Waals surface area contributed by atoms with Crippen LogP contribution in [0, 0.1) is 11.3 Å². The average Bonchev–Trinajstić information content (AvgIpc) is 2.74. The number of likely N-dealkylation sites (tertiary alicyclic amines) is 1. The van der Waals surface area contributed by atoms with Crippen molar-refractivity contribution in [3.05, 3.63) is 54.4 Å². The smallest absolute Gasteiger partial charge is 0.230 e. The molecule has 1 fully saturated rings. The minimum Gasteiger partial charge on any atom is -0.348 e. The third-order valence-electron chi connectivity index (χ3n) is 5.88. The molecule has 1 aliphatic heterocycles. The molecule has 160 valence electrons. The Balaban J connectivity index is 1.83. The first-order chi connectivity index (χ1) is 14.3. The quantitative estimate of drug-likeness (QED) is 0.726. The maximum absolute atomic E-state index is 13.3. The van der Waals surface area contributed by atoms with Gasteiger partial charge in [-0.3, -0.25) is 14.6 Å². The second-order valence-corrected chi connectivity index (χ2v) is 9.11. The molecule has 1 unspecified atom stereocenters. The number of amides is 2. The fourth-order valence-corrected chi connectivity index (χ4v) is 4.44. The van der Waals surface area contributed by atoms with Crippen LogP contribution in [0.15, 0.2) is 48.8 Å². The summed E-state index contributed by atoms with van der Waals surface area (Å²) < 4.78 is 0. The second kappa shape index (κ2) is 9.41. The van der Waals surface area contributed by atoms with Crippen molar-refractivity contribution >= 4 is 11.8 Å². The van der Waals surface area contributed by atoms with E-state index in [1.165, 1.54) is 0 Å². The zero-order valence-corrected chi connectivity index (χ0v) is 18.6. The number of hydrogen-bond donors (Lipinski definition) is 0. The molecule has 5 heteroatoms. The summed E-state index contributed by atoms with van der Waals surface area (Å²) in [7, 11) is 3.62. The van der Waals surface area contributed by atoms with E-state index in [0.29, 0.717) is 25.3 Å². The highest BCUT2D eigenvalue weighted by atomic mass is 16.2. The van der Waals surface area contributed by atoms with Crippen molar-refractivity contribution in [3.8, 4) is 11.1 Å². The number of aromatic nitrogens is 1. The molecule has 5 nitrogen and oxygen atoms in total. The molecule has 1 aromatic carbocycles. The van der Waals surface area contributed by atoms with Crippen LogP contribution in [-0.2, 0) is 16.0 Å². The van der Waals surface area contributed by atoms with Gasteiger partial charge in [0.1, 0.15) is 0 Å². The van der Waals surface area contributed by atoms with Crippen molar-refractivity contribution in [1.29, 1.82) is 0 Å². The first-order valence-electron chi connectivity index (χ1n) is 10.8. The molecule has 3 rings (SSSR count). The number of carbonyl (C=O) groups excluding carboxylic acids is 2. The third kappa shape index (κ3) is 5.07. The van der Waals surface area contributed by atoms with Gasteiger partial charge in [0.15, 0.2) is 0 Å². The zero-order valence-electron chi connectivity index (χ0n) is 18.6. The van der Waals surface area contributed by atoms with E-state index in [-0.39, 0.29) is 11.8 Å². The van der Waals surface area contributed by atoms with E-state index in [9.17, 15) is 9.59 Å². The Morgan fingerprint density at radius 1 is 1.07 bits per heavy atom. The predicted octanol–water partition coefficient (Wildman–Crippen LogP) is 4.03. The van der Waals surface area contributed by atoms with Gasteiger partial charge in [0.2, 0.25) is 11.8 Å². The number of carbonyl (C=O) groups is 2. The maximum Gasteiger partial charge on any atom is 0.230 e. The van der Waals surface area contributed by atoms with Crippen LogP contribution in [0.25, 0.3) is 11.1 Å². The Hall–Kier alpha value is -2.69. The number of benzene rings is 1. The second-order valence-electron chi connectivity index (χ2n) is 9.11. The van der Waals surface area contributed by atoms with E-state index < -0.39 is 5.41 Å². The fourth-order valence-electron chi connectivity index (χ4n) is 4.44. The lowest BCUT2D eigenvalue weighted by atomic mass is 9.73. The monoisotopic (exact) mass is 407 g/mol. The standard InChI is InChI=1S/C25H33N3O2/c1-19(2)16-23(29)28-15-5-12-25(18-28,24(30)27(3)4)17-20-6-8-21(9-7-20)22-10-13-26-14-11-22/h6-11,13-14,19H,5,12,15-18H2,1-4H3. The number of rotatable bonds is 6. The summed E-state index contributed by atoms with van der Waals surface area (Å²) in [5.74, 6) is 0.593. The molecule has 2 amide bonds. The summed E-state index contributed by atoms with van der Waals surface area (Å²) >= 11 is 0. The molecule has 0 radical (unpaired) electrons. The third-order valence-corrected chi connectivity index (χ3v) is 5.88. The van der Waals surface area contributed by atoms with Gasteiger partial charge in [-0.25, -0.2) is 0 Å². The molecule has 1 saturated heterocycles. The number of hydrogen-bond acceptors (Lipinski definition) is 3. The molecular weight excluding hydrogens is 374 g/mol. The van der Waals surface area contributed by atoms with Gasteiger partial charge in [0.25, 0.3) is 0 Å². The summed E-state index contributed by atoms with van der Waals surface area (Å²) in [6, 6.07) is 12.4. The summed E-state index contributed by atoms with van der Waals surface area (Å²) in [5.41, 5.74) is 2.82. The van der Waals surface area contributed by atoms with Crippen LogP contribution in [0.5, 0.6) is 0 Å². The molecule has 1 aliphatic rings. The average molecular weight is 408 g/mol. The lowest BCUT2D eigenvalue weighted by molar-refractivity contribution is -0.147. The van der Waals surface area contributed by atoms with Crippen molar-refractivity contribution in [1.82, 2.24) is 14.8 Å². The van der Waals surface area contributed by atoms with E-state index in [0.717, 1.165) is 36.1 Å². The highest BCUT2D eigenvalue weighted by molar-refractivity contribution is 5.85. The van der Waals surface area contributed by atoms with Crippen LogP contribution in [-0.4, -0.2) is 53.8 Å².